The summed E-state index contributed by atoms with van der Waals surface area (Å²) in [5.74, 6) is 0.0312. The lowest BCUT2D eigenvalue weighted by Crippen LogP contribution is -2.29. The molecule has 0 N–H and O–H groups in total. The molecule has 0 saturated heterocycles. The molecule has 0 aliphatic heterocycles. The maximum Gasteiger partial charge on any atom is 0.254 e. The minimum absolute atomic E-state index is 0.00361. The predicted molar refractivity (Wildman–Crippen MR) is 76.3 cm³/mol. The topological polar surface area (TPSA) is 20.3 Å². The Morgan fingerprint density at radius 3 is 2.78 bits per heavy atom. The van der Waals surface area contributed by atoms with Crippen molar-refractivity contribution in [2.45, 2.75) is 13.0 Å². The van der Waals surface area contributed by atoms with E-state index in [1.54, 1.807) is 4.90 Å². The highest BCUT2D eigenvalue weighted by molar-refractivity contribution is 7.08. The highest BCUT2D eigenvalue weighted by Crippen LogP contribution is 2.23. The van der Waals surface area contributed by atoms with Crippen LogP contribution < -0.4 is 0 Å². The van der Waals surface area contributed by atoms with E-state index >= 15 is 0 Å². The number of carbonyl (C=O) groups is 1. The van der Waals surface area contributed by atoms with Gasteiger partial charge in [0.2, 0.25) is 0 Å². The van der Waals surface area contributed by atoms with E-state index in [1.165, 1.54) is 11.3 Å². The monoisotopic (exact) mass is 279 g/mol. The van der Waals surface area contributed by atoms with Gasteiger partial charge in [-0.05, 0) is 36.1 Å². The zero-order chi connectivity index (χ0) is 13.1. The highest BCUT2D eigenvalue weighted by atomic mass is 35.5. The number of thiophene rings is 1. The number of hydrogen-bond donors (Lipinski definition) is 0. The fraction of sp³-hybridized carbons (Fsp3) is 0.214. The van der Waals surface area contributed by atoms with Crippen molar-refractivity contribution in [2.24, 2.45) is 0 Å². The molecule has 0 radical (unpaired) electrons. The predicted octanol–water partition coefficient (Wildman–Crippen LogP) is 4.23. The summed E-state index contributed by atoms with van der Waals surface area (Å²) in [4.78, 5) is 13.9. The molecule has 0 spiro atoms. The first kappa shape index (κ1) is 13.1. The molecule has 0 fully saturated rings. The van der Waals surface area contributed by atoms with Gasteiger partial charge in [-0.15, -0.1) is 0 Å². The number of nitrogens with zero attached hydrogens (tertiary/aromatic N) is 1. The zero-order valence-electron chi connectivity index (χ0n) is 10.3. The van der Waals surface area contributed by atoms with Crippen LogP contribution in [-0.4, -0.2) is 17.9 Å². The van der Waals surface area contributed by atoms with Crippen molar-refractivity contribution >= 4 is 28.8 Å². The molecule has 2 rings (SSSR count). The second-order valence-corrected chi connectivity index (χ2v) is 5.38. The second-order valence-electron chi connectivity index (χ2n) is 4.16. The average Bonchev–Trinajstić information content (AvgIpc) is 2.90. The van der Waals surface area contributed by atoms with Crippen LogP contribution in [0.2, 0.25) is 5.02 Å². The van der Waals surface area contributed by atoms with Crippen molar-refractivity contribution in [3.05, 3.63) is 57.2 Å². The Labute approximate surface area is 116 Å². The van der Waals surface area contributed by atoms with Crippen LogP contribution in [0.25, 0.3) is 0 Å². The summed E-state index contributed by atoms with van der Waals surface area (Å²) < 4.78 is 0. The summed E-state index contributed by atoms with van der Waals surface area (Å²) >= 11 is 7.50. The van der Waals surface area contributed by atoms with E-state index in [4.69, 9.17) is 11.6 Å². The van der Waals surface area contributed by atoms with E-state index < -0.39 is 0 Å². The molecule has 0 saturated carbocycles. The quantitative estimate of drug-likeness (QED) is 0.823. The molecule has 0 bridgehead atoms. The van der Waals surface area contributed by atoms with Gasteiger partial charge in [0.15, 0.2) is 0 Å². The fourth-order valence-electron chi connectivity index (χ4n) is 1.76. The first-order valence-electron chi connectivity index (χ1n) is 5.64. The van der Waals surface area contributed by atoms with Gasteiger partial charge in [0, 0.05) is 17.5 Å². The SMILES string of the molecule is CC(c1cccc(Cl)c1)N(C)C(=O)c1ccsc1. The molecule has 2 aromatic rings. The summed E-state index contributed by atoms with van der Waals surface area (Å²) in [5, 5.41) is 4.46. The van der Waals surface area contributed by atoms with Crippen LogP contribution in [0.3, 0.4) is 0 Å². The van der Waals surface area contributed by atoms with Gasteiger partial charge in [-0.25, -0.2) is 0 Å². The molecule has 1 aromatic heterocycles. The minimum atomic E-state index is -0.00361. The van der Waals surface area contributed by atoms with Gasteiger partial charge in [0.05, 0.1) is 11.6 Å². The third-order valence-corrected chi connectivity index (χ3v) is 3.92. The third kappa shape index (κ3) is 2.74. The van der Waals surface area contributed by atoms with E-state index in [0.717, 1.165) is 11.1 Å². The van der Waals surface area contributed by atoms with Gasteiger partial charge >= 0.3 is 0 Å². The van der Waals surface area contributed by atoms with Crippen LogP contribution in [0.1, 0.15) is 28.9 Å². The molecule has 1 unspecified atom stereocenters. The largest absolute Gasteiger partial charge is 0.335 e. The summed E-state index contributed by atoms with van der Waals surface area (Å²) in [6.45, 7) is 2.00. The van der Waals surface area contributed by atoms with Gasteiger partial charge in [-0.2, -0.15) is 11.3 Å². The lowest BCUT2D eigenvalue weighted by atomic mass is 10.1. The third-order valence-electron chi connectivity index (χ3n) is 3.00. The molecule has 94 valence electrons. The van der Waals surface area contributed by atoms with Gasteiger partial charge in [0.1, 0.15) is 0 Å². The molecule has 1 amide bonds. The van der Waals surface area contributed by atoms with Crippen molar-refractivity contribution in [1.29, 1.82) is 0 Å². The maximum atomic E-state index is 12.2. The highest BCUT2D eigenvalue weighted by Gasteiger charge is 2.19. The van der Waals surface area contributed by atoms with Crippen LogP contribution >= 0.6 is 22.9 Å². The van der Waals surface area contributed by atoms with Crippen molar-refractivity contribution in [3.8, 4) is 0 Å². The van der Waals surface area contributed by atoms with E-state index in [9.17, 15) is 4.79 Å². The van der Waals surface area contributed by atoms with Crippen molar-refractivity contribution < 1.29 is 4.79 Å². The van der Waals surface area contributed by atoms with Crippen LogP contribution in [0, 0.1) is 0 Å². The number of hydrogen-bond acceptors (Lipinski definition) is 2. The molecule has 1 atom stereocenters. The Bertz CT molecular complexity index is 538. The van der Waals surface area contributed by atoms with Crippen molar-refractivity contribution in [3.63, 3.8) is 0 Å². The van der Waals surface area contributed by atoms with Crippen LogP contribution in [-0.2, 0) is 0 Å². The number of carbonyl (C=O) groups excluding carboxylic acids is 1. The molecule has 2 nitrogen and oxygen atoms in total. The summed E-state index contributed by atoms with van der Waals surface area (Å²) in [7, 11) is 1.81. The normalized spacial score (nSPS) is 12.2. The second kappa shape index (κ2) is 5.55. The van der Waals surface area contributed by atoms with E-state index in [0.29, 0.717) is 5.02 Å². The van der Waals surface area contributed by atoms with Crippen LogP contribution in [0.4, 0.5) is 0 Å². The minimum Gasteiger partial charge on any atom is -0.335 e. The Hall–Kier alpha value is -1.32. The lowest BCUT2D eigenvalue weighted by Gasteiger charge is -2.25. The maximum absolute atomic E-state index is 12.2. The summed E-state index contributed by atoms with van der Waals surface area (Å²) in [5.41, 5.74) is 1.77. The van der Waals surface area contributed by atoms with E-state index in [2.05, 4.69) is 0 Å². The smallest absolute Gasteiger partial charge is 0.254 e. The van der Waals surface area contributed by atoms with E-state index in [-0.39, 0.29) is 11.9 Å². The van der Waals surface area contributed by atoms with Gasteiger partial charge in [-0.3, -0.25) is 4.79 Å². The van der Waals surface area contributed by atoms with Gasteiger partial charge in [-0.1, -0.05) is 23.7 Å². The molecule has 4 heteroatoms. The number of benzene rings is 1. The first-order chi connectivity index (χ1) is 8.59. The molecular weight excluding hydrogens is 266 g/mol. The molecule has 1 aromatic carbocycles. The Morgan fingerprint density at radius 1 is 1.39 bits per heavy atom. The Morgan fingerprint density at radius 2 is 2.17 bits per heavy atom. The number of halogens is 1. The molecule has 0 aliphatic rings. The number of rotatable bonds is 3. The van der Waals surface area contributed by atoms with Gasteiger partial charge in [0.25, 0.3) is 5.91 Å². The van der Waals surface area contributed by atoms with E-state index in [1.807, 2.05) is 55.1 Å². The Kier molecular flexibility index (Phi) is 4.04. The zero-order valence-corrected chi connectivity index (χ0v) is 11.8. The standard InChI is InChI=1S/C14H14ClNOS/c1-10(11-4-3-5-13(15)8-11)16(2)14(17)12-6-7-18-9-12/h3-10H,1-2H3. The first-order valence-corrected chi connectivity index (χ1v) is 6.96. The summed E-state index contributed by atoms with van der Waals surface area (Å²) in [6.07, 6.45) is 0. The average molecular weight is 280 g/mol. The fourth-order valence-corrected chi connectivity index (χ4v) is 2.58. The molecule has 0 aliphatic carbocycles. The molecule has 18 heavy (non-hydrogen) atoms. The van der Waals surface area contributed by atoms with Crippen LogP contribution in [0.15, 0.2) is 41.1 Å². The van der Waals surface area contributed by atoms with Gasteiger partial charge < -0.3 is 4.90 Å². The molecule has 1 heterocycles. The van der Waals surface area contributed by atoms with Crippen LogP contribution in [0.5, 0.6) is 0 Å². The van der Waals surface area contributed by atoms with Crippen molar-refractivity contribution in [1.82, 2.24) is 4.90 Å². The van der Waals surface area contributed by atoms with Crippen molar-refractivity contribution in [2.75, 3.05) is 7.05 Å². The number of amides is 1. The Balaban J connectivity index is 2.18. The lowest BCUT2D eigenvalue weighted by molar-refractivity contribution is 0.0743. The molecular formula is C14H14ClNOS. The summed E-state index contributed by atoms with van der Waals surface area (Å²) in [6, 6.07) is 9.44.